The summed E-state index contributed by atoms with van der Waals surface area (Å²) in [6.45, 7) is 2.23. The third kappa shape index (κ3) is 3.99. The van der Waals surface area contributed by atoms with E-state index < -0.39 is 23.3 Å². The van der Waals surface area contributed by atoms with Crippen LogP contribution in [0.15, 0.2) is 35.9 Å². The van der Waals surface area contributed by atoms with Crippen LogP contribution < -0.4 is 0 Å². The van der Waals surface area contributed by atoms with Crippen molar-refractivity contribution in [3.63, 3.8) is 0 Å². The lowest BCUT2D eigenvalue weighted by atomic mass is 9.73. The number of halogens is 4. The van der Waals surface area contributed by atoms with Crippen molar-refractivity contribution in [3.05, 3.63) is 70.3 Å². The highest BCUT2D eigenvalue weighted by Crippen LogP contribution is 2.40. The number of hydrogen-bond acceptors (Lipinski definition) is 0. The van der Waals surface area contributed by atoms with Gasteiger partial charge in [-0.25, -0.2) is 17.6 Å². The molecule has 0 atom stereocenters. The van der Waals surface area contributed by atoms with Crippen molar-refractivity contribution >= 4 is 0 Å². The van der Waals surface area contributed by atoms with Crippen LogP contribution in [0.5, 0.6) is 0 Å². The third-order valence-electron chi connectivity index (χ3n) is 6.65. The largest absolute Gasteiger partial charge is 0.206 e. The molecule has 0 saturated heterocycles. The molecule has 0 aromatic heterocycles. The van der Waals surface area contributed by atoms with Gasteiger partial charge in [-0.05, 0) is 85.3 Å². The lowest BCUT2D eigenvalue weighted by Crippen LogP contribution is -2.20. The molecule has 0 nitrogen and oxygen atoms in total. The normalized spacial score (nSPS) is 21.6. The van der Waals surface area contributed by atoms with Crippen LogP contribution in [0.3, 0.4) is 0 Å². The van der Waals surface area contributed by atoms with E-state index in [0.717, 1.165) is 30.9 Å². The SMILES string of the molecule is CCCC1CCC(C2=CCc3c(cc(F)c(-c4ccc(F)c(F)c4)c3F)C2)CC1. The molecule has 2 aromatic carbocycles. The van der Waals surface area contributed by atoms with Crippen LogP contribution in [0.4, 0.5) is 17.6 Å². The van der Waals surface area contributed by atoms with Gasteiger partial charge in [-0.3, -0.25) is 0 Å². The molecule has 1 fully saturated rings. The van der Waals surface area contributed by atoms with Crippen molar-refractivity contribution in [2.45, 2.75) is 58.3 Å². The standard InChI is InChI=1S/C25H26F4/c1-2-3-15-4-6-16(7-5-15)17-8-10-20-19(12-17)14-23(28)24(25(20)29)18-9-11-21(26)22(27)13-18/h8-9,11,13-16H,2-7,10,12H2,1H3. The van der Waals surface area contributed by atoms with Gasteiger partial charge in [0.15, 0.2) is 11.6 Å². The van der Waals surface area contributed by atoms with E-state index in [1.165, 1.54) is 43.4 Å². The molecular formula is C25H26F4. The van der Waals surface area contributed by atoms with Gasteiger partial charge in [0.2, 0.25) is 0 Å². The Balaban J connectivity index is 1.58. The number of fused-ring (bicyclic) bond motifs is 1. The van der Waals surface area contributed by atoms with Crippen LogP contribution >= 0.6 is 0 Å². The smallest absolute Gasteiger partial charge is 0.159 e. The van der Waals surface area contributed by atoms with E-state index in [1.54, 1.807) is 0 Å². The fraction of sp³-hybridized carbons (Fsp3) is 0.440. The van der Waals surface area contributed by atoms with E-state index in [-0.39, 0.29) is 11.1 Å². The second kappa shape index (κ2) is 8.33. The Hall–Kier alpha value is -2.10. The fourth-order valence-corrected chi connectivity index (χ4v) is 5.07. The van der Waals surface area contributed by atoms with Crippen LogP contribution in [0.25, 0.3) is 11.1 Å². The van der Waals surface area contributed by atoms with Crippen molar-refractivity contribution in [1.29, 1.82) is 0 Å². The van der Waals surface area contributed by atoms with E-state index >= 15 is 4.39 Å². The Morgan fingerprint density at radius 3 is 2.34 bits per heavy atom. The number of hydrogen-bond donors (Lipinski definition) is 0. The number of benzene rings is 2. The molecule has 0 aliphatic heterocycles. The maximum Gasteiger partial charge on any atom is 0.159 e. The summed E-state index contributed by atoms with van der Waals surface area (Å²) in [5.74, 6) is -2.20. The zero-order chi connectivity index (χ0) is 20.5. The Morgan fingerprint density at radius 1 is 0.897 bits per heavy atom. The maximum absolute atomic E-state index is 15.2. The van der Waals surface area contributed by atoms with Gasteiger partial charge in [-0.1, -0.05) is 37.5 Å². The first kappa shape index (κ1) is 20.2. The molecule has 0 amide bonds. The van der Waals surface area contributed by atoms with Crippen LogP contribution in [0, 0.1) is 35.1 Å². The molecule has 0 unspecified atom stereocenters. The molecule has 0 spiro atoms. The van der Waals surface area contributed by atoms with Gasteiger partial charge in [0.1, 0.15) is 11.6 Å². The van der Waals surface area contributed by atoms with Crippen molar-refractivity contribution in [2.24, 2.45) is 11.8 Å². The zero-order valence-corrected chi connectivity index (χ0v) is 16.7. The summed E-state index contributed by atoms with van der Waals surface area (Å²) in [4.78, 5) is 0. The third-order valence-corrected chi connectivity index (χ3v) is 6.65. The molecule has 2 aromatic rings. The zero-order valence-electron chi connectivity index (χ0n) is 16.7. The summed E-state index contributed by atoms with van der Waals surface area (Å²) in [5.41, 5.74) is 2.19. The molecule has 154 valence electrons. The minimum absolute atomic E-state index is 0.0192. The van der Waals surface area contributed by atoms with Crippen molar-refractivity contribution in [3.8, 4) is 11.1 Å². The maximum atomic E-state index is 15.2. The Kier molecular flexibility index (Phi) is 5.80. The Bertz CT molecular complexity index is 936. The summed E-state index contributed by atoms with van der Waals surface area (Å²) in [6.07, 6.45) is 10.4. The summed E-state index contributed by atoms with van der Waals surface area (Å²) < 4.78 is 56.7. The average molecular weight is 402 g/mol. The predicted octanol–water partition coefficient (Wildman–Crippen LogP) is 7.54. The van der Waals surface area contributed by atoms with Crippen molar-refractivity contribution in [2.75, 3.05) is 0 Å². The Morgan fingerprint density at radius 2 is 1.66 bits per heavy atom. The molecule has 29 heavy (non-hydrogen) atoms. The second-order valence-corrected chi connectivity index (χ2v) is 8.48. The number of allylic oxidation sites excluding steroid dienone is 2. The van der Waals surface area contributed by atoms with Crippen LogP contribution in [-0.4, -0.2) is 0 Å². The van der Waals surface area contributed by atoms with E-state index in [1.807, 2.05) is 0 Å². The van der Waals surface area contributed by atoms with Gasteiger partial charge >= 0.3 is 0 Å². The topological polar surface area (TPSA) is 0 Å². The van der Waals surface area contributed by atoms with Crippen LogP contribution in [-0.2, 0) is 12.8 Å². The van der Waals surface area contributed by atoms with Crippen LogP contribution in [0.1, 0.15) is 56.6 Å². The van der Waals surface area contributed by atoms with Gasteiger partial charge in [0.25, 0.3) is 0 Å². The molecule has 2 aliphatic carbocycles. The highest BCUT2D eigenvalue weighted by atomic mass is 19.2. The molecule has 0 radical (unpaired) electrons. The van der Waals surface area contributed by atoms with E-state index in [0.29, 0.717) is 29.9 Å². The van der Waals surface area contributed by atoms with E-state index in [4.69, 9.17) is 0 Å². The molecule has 0 bridgehead atoms. The van der Waals surface area contributed by atoms with Crippen LogP contribution in [0.2, 0.25) is 0 Å². The molecule has 4 rings (SSSR count). The van der Waals surface area contributed by atoms with Gasteiger partial charge in [-0.15, -0.1) is 0 Å². The number of rotatable bonds is 4. The van der Waals surface area contributed by atoms with Gasteiger partial charge in [-0.2, -0.15) is 0 Å². The first-order valence-corrected chi connectivity index (χ1v) is 10.6. The quantitative estimate of drug-likeness (QED) is 0.366. The van der Waals surface area contributed by atoms with Gasteiger partial charge in [0, 0.05) is 0 Å². The van der Waals surface area contributed by atoms with Gasteiger partial charge in [0.05, 0.1) is 5.56 Å². The molecule has 2 aliphatic rings. The fourth-order valence-electron chi connectivity index (χ4n) is 5.07. The molecular weight excluding hydrogens is 376 g/mol. The monoisotopic (exact) mass is 402 g/mol. The highest BCUT2D eigenvalue weighted by Gasteiger charge is 2.28. The average Bonchev–Trinajstić information content (AvgIpc) is 2.71. The summed E-state index contributed by atoms with van der Waals surface area (Å²) >= 11 is 0. The lowest BCUT2D eigenvalue weighted by Gasteiger charge is -2.32. The van der Waals surface area contributed by atoms with E-state index in [2.05, 4.69) is 13.0 Å². The predicted molar refractivity (Wildman–Crippen MR) is 108 cm³/mol. The minimum Gasteiger partial charge on any atom is -0.206 e. The van der Waals surface area contributed by atoms with Crippen molar-refractivity contribution < 1.29 is 17.6 Å². The first-order chi connectivity index (χ1) is 14.0. The minimum atomic E-state index is -1.11. The lowest BCUT2D eigenvalue weighted by molar-refractivity contribution is 0.283. The van der Waals surface area contributed by atoms with E-state index in [9.17, 15) is 13.2 Å². The molecule has 1 saturated carbocycles. The summed E-state index contributed by atoms with van der Waals surface area (Å²) in [5, 5.41) is 0. The molecule has 4 heteroatoms. The highest BCUT2D eigenvalue weighted by molar-refractivity contribution is 5.67. The Labute approximate surface area is 169 Å². The second-order valence-electron chi connectivity index (χ2n) is 8.48. The van der Waals surface area contributed by atoms with Crippen molar-refractivity contribution in [1.82, 2.24) is 0 Å². The molecule has 0 heterocycles. The molecule has 0 N–H and O–H groups in total. The summed E-state index contributed by atoms with van der Waals surface area (Å²) in [7, 11) is 0. The summed E-state index contributed by atoms with van der Waals surface area (Å²) in [6, 6.07) is 4.34. The first-order valence-electron chi connectivity index (χ1n) is 10.6. The van der Waals surface area contributed by atoms with Gasteiger partial charge < -0.3 is 0 Å².